The molecular weight excluding hydrogens is 160 g/mol. The third-order valence-electron chi connectivity index (χ3n) is 5.03. The molecule has 0 bridgehead atoms. The lowest BCUT2D eigenvalue weighted by molar-refractivity contribution is 0.00835. The molecule has 1 aliphatic heterocycles. The van der Waals surface area contributed by atoms with Gasteiger partial charge in [0.1, 0.15) is 0 Å². The van der Waals surface area contributed by atoms with E-state index in [0.29, 0.717) is 23.0 Å². The van der Waals surface area contributed by atoms with Crippen LogP contribution in [0.25, 0.3) is 0 Å². The van der Waals surface area contributed by atoms with Gasteiger partial charge < -0.3 is 4.74 Å². The summed E-state index contributed by atoms with van der Waals surface area (Å²) in [5.74, 6) is 0. The average Bonchev–Trinajstić information content (AvgIpc) is 2.84. The zero-order valence-electron chi connectivity index (χ0n) is 7.96. The first kappa shape index (κ1) is 7.05. The van der Waals surface area contributed by atoms with Crippen molar-refractivity contribution in [3.63, 3.8) is 0 Å². The average molecular weight is 176 g/mol. The zero-order chi connectivity index (χ0) is 8.52. The molecule has 3 aliphatic carbocycles. The van der Waals surface area contributed by atoms with Crippen LogP contribution < -0.4 is 0 Å². The first-order chi connectivity index (χ1) is 6.34. The number of hydrogen-bond acceptors (Lipinski definition) is 1. The van der Waals surface area contributed by atoms with Gasteiger partial charge in [0.05, 0.1) is 12.2 Å². The molecule has 1 nitrogen and oxygen atoms in total. The van der Waals surface area contributed by atoms with Gasteiger partial charge in [0.2, 0.25) is 0 Å². The zero-order valence-corrected chi connectivity index (χ0v) is 7.96. The van der Waals surface area contributed by atoms with Gasteiger partial charge in [-0.2, -0.15) is 0 Å². The Bertz CT molecular complexity index is 267. The Morgan fingerprint density at radius 3 is 1.92 bits per heavy atom. The number of allylic oxidation sites excluding steroid dienone is 2. The molecule has 0 amide bonds. The molecule has 1 heteroatoms. The maximum absolute atomic E-state index is 5.70. The molecule has 0 aromatic rings. The normalized spacial score (nSPS) is 61.5. The molecule has 0 spiro atoms. The molecule has 0 aromatic carbocycles. The smallest absolute Gasteiger partial charge is 0.0850 e. The Morgan fingerprint density at radius 2 is 1.46 bits per heavy atom. The number of hydrogen-bond donors (Lipinski definition) is 0. The second-order valence-corrected chi connectivity index (χ2v) is 5.47. The van der Waals surface area contributed by atoms with Gasteiger partial charge in [-0.3, -0.25) is 0 Å². The van der Waals surface area contributed by atoms with Crippen LogP contribution in [0.1, 0.15) is 38.5 Å². The quantitative estimate of drug-likeness (QED) is 0.408. The number of fused-ring (bicyclic) bond motifs is 1. The summed E-state index contributed by atoms with van der Waals surface area (Å²) >= 11 is 0. The highest BCUT2D eigenvalue weighted by molar-refractivity contribution is 5.32. The van der Waals surface area contributed by atoms with E-state index in [4.69, 9.17) is 4.74 Å². The highest BCUT2D eigenvalue weighted by Gasteiger charge is 2.64. The molecule has 13 heavy (non-hydrogen) atoms. The Labute approximate surface area is 79.2 Å². The summed E-state index contributed by atoms with van der Waals surface area (Å²) in [6.07, 6.45) is 14.8. The van der Waals surface area contributed by atoms with E-state index < -0.39 is 0 Å². The molecule has 3 fully saturated rings. The fraction of sp³-hybridized carbons (Fsp3) is 0.833. The van der Waals surface area contributed by atoms with Crippen LogP contribution in [0.2, 0.25) is 0 Å². The van der Waals surface area contributed by atoms with Crippen molar-refractivity contribution in [2.45, 2.75) is 50.7 Å². The van der Waals surface area contributed by atoms with E-state index in [0.717, 1.165) is 0 Å². The van der Waals surface area contributed by atoms with E-state index in [1.54, 1.807) is 0 Å². The standard InChI is InChI=1S/C12H16O/c1-2-4-12-6-5-11(12,3-1)7-9-10(8-12)13-9/h5-6,9-10H,1-4,7-8H2/t9-,10-,11-,12+/m1/s1. The van der Waals surface area contributed by atoms with Gasteiger partial charge in [-0.05, 0) is 36.5 Å². The van der Waals surface area contributed by atoms with Gasteiger partial charge >= 0.3 is 0 Å². The third-order valence-corrected chi connectivity index (χ3v) is 5.03. The highest BCUT2D eigenvalue weighted by Crippen LogP contribution is 2.69. The van der Waals surface area contributed by atoms with Crippen molar-refractivity contribution in [2.75, 3.05) is 0 Å². The lowest BCUT2D eigenvalue weighted by Gasteiger charge is -2.59. The van der Waals surface area contributed by atoms with E-state index in [-0.39, 0.29) is 0 Å². The lowest BCUT2D eigenvalue weighted by Crippen LogP contribution is -2.52. The molecule has 1 heterocycles. The minimum Gasteiger partial charge on any atom is -0.370 e. The third kappa shape index (κ3) is 0.665. The predicted octanol–water partition coefficient (Wildman–Crippen LogP) is 2.66. The van der Waals surface area contributed by atoms with Crippen LogP contribution in [-0.4, -0.2) is 12.2 Å². The molecular formula is C12H16O. The van der Waals surface area contributed by atoms with Crippen molar-refractivity contribution in [3.05, 3.63) is 12.2 Å². The van der Waals surface area contributed by atoms with Crippen LogP contribution >= 0.6 is 0 Å². The van der Waals surface area contributed by atoms with Gasteiger partial charge in [-0.25, -0.2) is 0 Å². The monoisotopic (exact) mass is 176 g/mol. The highest BCUT2D eigenvalue weighted by atomic mass is 16.6. The van der Waals surface area contributed by atoms with Gasteiger partial charge in [0, 0.05) is 0 Å². The molecule has 0 unspecified atom stereocenters. The second-order valence-electron chi connectivity index (χ2n) is 5.47. The summed E-state index contributed by atoms with van der Waals surface area (Å²) in [5.41, 5.74) is 1.20. The summed E-state index contributed by atoms with van der Waals surface area (Å²) in [4.78, 5) is 0. The van der Waals surface area contributed by atoms with Gasteiger partial charge in [-0.15, -0.1) is 0 Å². The molecule has 4 aliphatic rings. The molecule has 70 valence electrons. The van der Waals surface area contributed by atoms with Crippen molar-refractivity contribution in [1.82, 2.24) is 0 Å². The van der Waals surface area contributed by atoms with Crippen LogP contribution in [0.5, 0.6) is 0 Å². The van der Waals surface area contributed by atoms with E-state index in [1.165, 1.54) is 38.5 Å². The van der Waals surface area contributed by atoms with Crippen molar-refractivity contribution in [3.8, 4) is 0 Å². The second kappa shape index (κ2) is 1.88. The van der Waals surface area contributed by atoms with E-state index in [9.17, 15) is 0 Å². The molecule has 2 saturated carbocycles. The minimum atomic E-state index is 0.600. The van der Waals surface area contributed by atoms with E-state index in [1.807, 2.05) is 0 Å². The molecule has 1 saturated heterocycles. The van der Waals surface area contributed by atoms with Crippen molar-refractivity contribution in [2.24, 2.45) is 10.8 Å². The minimum absolute atomic E-state index is 0.600. The predicted molar refractivity (Wildman–Crippen MR) is 50.4 cm³/mol. The summed E-state index contributed by atoms with van der Waals surface area (Å²) in [6, 6.07) is 0. The summed E-state index contributed by atoms with van der Waals surface area (Å²) in [5, 5.41) is 0. The number of epoxide rings is 1. The van der Waals surface area contributed by atoms with Crippen LogP contribution in [0.15, 0.2) is 12.2 Å². The van der Waals surface area contributed by atoms with Crippen LogP contribution in [0.3, 0.4) is 0 Å². The first-order valence-electron chi connectivity index (χ1n) is 5.70. The van der Waals surface area contributed by atoms with Crippen LogP contribution in [-0.2, 0) is 4.74 Å². The fourth-order valence-corrected chi connectivity index (χ4v) is 4.10. The van der Waals surface area contributed by atoms with Crippen LogP contribution in [0.4, 0.5) is 0 Å². The van der Waals surface area contributed by atoms with Gasteiger partial charge in [0.15, 0.2) is 0 Å². The summed E-state index contributed by atoms with van der Waals surface area (Å²) in [7, 11) is 0. The van der Waals surface area contributed by atoms with Crippen LogP contribution in [0, 0.1) is 10.8 Å². The van der Waals surface area contributed by atoms with E-state index >= 15 is 0 Å². The maximum atomic E-state index is 5.70. The fourth-order valence-electron chi connectivity index (χ4n) is 4.10. The topological polar surface area (TPSA) is 12.5 Å². The molecule has 4 atom stereocenters. The van der Waals surface area contributed by atoms with Crippen molar-refractivity contribution < 1.29 is 4.74 Å². The Hall–Kier alpha value is -0.300. The number of rotatable bonds is 0. The lowest BCUT2D eigenvalue weighted by atomic mass is 9.44. The first-order valence-corrected chi connectivity index (χ1v) is 5.70. The maximum Gasteiger partial charge on any atom is 0.0850 e. The van der Waals surface area contributed by atoms with Gasteiger partial charge in [0.25, 0.3) is 0 Å². The Morgan fingerprint density at radius 1 is 0.923 bits per heavy atom. The Balaban J connectivity index is 1.79. The summed E-state index contributed by atoms with van der Waals surface area (Å²) in [6.45, 7) is 0. The number of ether oxygens (including phenoxy) is 1. The molecule has 4 rings (SSSR count). The van der Waals surface area contributed by atoms with Gasteiger partial charge in [-0.1, -0.05) is 25.0 Å². The molecule has 0 aromatic heterocycles. The van der Waals surface area contributed by atoms with E-state index in [2.05, 4.69) is 12.2 Å². The molecule has 0 radical (unpaired) electrons. The molecule has 0 N–H and O–H groups in total. The largest absolute Gasteiger partial charge is 0.370 e. The Kier molecular flexibility index (Phi) is 1.02. The van der Waals surface area contributed by atoms with Crippen molar-refractivity contribution >= 4 is 0 Å². The van der Waals surface area contributed by atoms with Crippen molar-refractivity contribution in [1.29, 1.82) is 0 Å². The SMILES string of the molecule is C1=C[C@]23CCCC[C@]12C[C@H]1O[C@@H]1C3. The summed E-state index contributed by atoms with van der Waals surface area (Å²) < 4.78 is 5.70.